The van der Waals surface area contributed by atoms with Crippen LogP contribution in [0.3, 0.4) is 0 Å². The van der Waals surface area contributed by atoms with E-state index in [1.54, 1.807) is 7.11 Å². The van der Waals surface area contributed by atoms with Crippen LogP contribution in [0.15, 0.2) is 91.0 Å². The van der Waals surface area contributed by atoms with Crippen molar-refractivity contribution >= 4 is 0 Å². The molecule has 2 aliphatic rings. The van der Waals surface area contributed by atoms with Crippen LogP contribution in [0.4, 0.5) is 0 Å². The molecule has 3 aromatic carbocycles. The Bertz CT molecular complexity index is 1010. The largest absolute Gasteiger partial charge is 0.368 e. The summed E-state index contributed by atoms with van der Waals surface area (Å²) in [5.74, 6) is -1.06. The van der Waals surface area contributed by atoms with Gasteiger partial charge in [-0.2, -0.15) is 0 Å². The first-order chi connectivity index (χ1) is 16.8. The van der Waals surface area contributed by atoms with E-state index in [2.05, 4.69) is 0 Å². The zero-order valence-electron chi connectivity index (χ0n) is 19.2. The molecule has 0 N–H and O–H groups in total. The van der Waals surface area contributed by atoms with Crippen molar-refractivity contribution in [2.45, 2.75) is 50.2 Å². The van der Waals surface area contributed by atoms with Gasteiger partial charge in [0.05, 0.1) is 19.8 Å². The molecule has 3 aromatic rings. The van der Waals surface area contributed by atoms with E-state index >= 15 is 0 Å². The van der Waals surface area contributed by atoms with Crippen LogP contribution < -0.4 is 0 Å². The molecule has 2 heterocycles. The maximum absolute atomic E-state index is 6.49. The molecular weight excluding hydrogens is 432 g/mol. The summed E-state index contributed by atoms with van der Waals surface area (Å²) < 4.78 is 37.4. The molecule has 2 aliphatic heterocycles. The second kappa shape index (κ2) is 10.8. The molecule has 2 fully saturated rings. The maximum atomic E-state index is 6.49. The molecule has 178 valence electrons. The Kier molecular flexibility index (Phi) is 7.35. The van der Waals surface area contributed by atoms with E-state index in [1.165, 1.54) is 0 Å². The monoisotopic (exact) mass is 462 g/mol. The van der Waals surface area contributed by atoms with Gasteiger partial charge in [-0.25, -0.2) is 0 Å². The van der Waals surface area contributed by atoms with Crippen molar-refractivity contribution in [2.24, 2.45) is 0 Å². The minimum Gasteiger partial charge on any atom is -0.368 e. The van der Waals surface area contributed by atoms with Gasteiger partial charge < -0.3 is 28.4 Å². The molecule has 0 saturated carbocycles. The summed E-state index contributed by atoms with van der Waals surface area (Å²) in [5.41, 5.74) is 3.18. The number of ether oxygens (including phenoxy) is 6. The van der Waals surface area contributed by atoms with Gasteiger partial charge in [-0.1, -0.05) is 91.0 Å². The fourth-order valence-electron chi connectivity index (χ4n) is 4.45. The van der Waals surface area contributed by atoms with E-state index in [1.807, 2.05) is 91.0 Å². The van der Waals surface area contributed by atoms with Crippen LogP contribution >= 0.6 is 0 Å². The highest BCUT2D eigenvalue weighted by Crippen LogP contribution is 2.42. The van der Waals surface area contributed by atoms with Crippen LogP contribution in [0.2, 0.25) is 0 Å². The Morgan fingerprint density at radius 2 is 1.15 bits per heavy atom. The summed E-state index contributed by atoms with van der Waals surface area (Å²) >= 11 is 0. The topological polar surface area (TPSA) is 55.4 Å². The van der Waals surface area contributed by atoms with Crippen LogP contribution in [0.25, 0.3) is 0 Å². The zero-order chi connectivity index (χ0) is 23.2. The Balaban J connectivity index is 1.40. The minimum absolute atomic E-state index is 0.240. The van der Waals surface area contributed by atoms with Crippen LogP contribution in [0.5, 0.6) is 0 Å². The van der Waals surface area contributed by atoms with Gasteiger partial charge in [0.25, 0.3) is 0 Å². The highest BCUT2D eigenvalue weighted by Gasteiger charge is 2.62. The number of fused-ring (bicyclic) bond motifs is 2. The zero-order valence-corrected chi connectivity index (χ0v) is 19.2. The summed E-state index contributed by atoms with van der Waals surface area (Å²) in [6, 6.07) is 30.1. The summed E-state index contributed by atoms with van der Waals surface area (Å²) in [6.07, 6.45) is -2.12. The molecule has 0 spiro atoms. The van der Waals surface area contributed by atoms with Gasteiger partial charge in [0.2, 0.25) is 5.79 Å². The SMILES string of the molecule is CO[C@@]12CO[C@@H](O1)[C@H](OCc1ccccc1)[C@@H](OCc1ccccc1)[C@@H]2OCc1ccccc1. The van der Waals surface area contributed by atoms with Gasteiger partial charge >= 0.3 is 0 Å². The van der Waals surface area contributed by atoms with Crippen LogP contribution in [-0.2, 0) is 48.2 Å². The second-order valence-electron chi connectivity index (χ2n) is 8.55. The first-order valence-corrected chi connectivity index (χ1v) is 11.6. The predicted molar refractivity (Wildman–Crippen MR) is 126 cm³/mol. The minimum atomic E-state index is -1.06. The second-order valence-corrected chi connectivity index (χ2v) is 8.55. The lowest BCUT2D eigenvalue weighted by atomic mass is 9.96. The summed E-state index contributed by atoms with van der Waals surface area (Å²) in [6.45, 7) is 1.45. The third-order valence-corrected chi connectivity index (χ3v) is 6.28. The number of hydrogen-bond donors (Lipinski definition) is 0. The van der Waals surface area contributed by atoms with E-state index < -0.39 is 30.4 Å². The van der Waals surface area contributed by atoms with Gasteiger partial charge in [0.1, 0.15) is 24.9 Å². The lowest BCUT2D eigenvalue weighted by molar-refractivity contribution is -0.351. The first-order valence-electron chi connectivity index (χ1n) is 11.6. The number of benzene rings is 3. The average Bonchev–Trinajstić information content (AvgIpc) is 3.29. The molecule has 0 aromatic heterocycles. The molecule has 6 heteroatoms. The molecule has 0 radical (unpaired) electrons. The van der Waals surface area contributed by atoms with Crippen molar-refractivity contribution in [2.75, 3.05) is 13.7 Å². The number of hydrogen-bond acceptors (Lipinski definition) is 6. The summed E-state index contributed by atoms with van der Waals surface area (Å²) in [5, 5.41) is 0. The fraction of sp³-hybridized carbons (Fsp3) is 0.357. The van der Waals surface area contributed by atoms with Crippen molar-refractivity contribution < 1.29 is 28.4 Å². The van der Waals surface area contributed by atoms with Crippen molar-refractivity contribution in [3.05, 3.63) is 108 Å². The maximum Gasteiger partial charge on any atom is 0.224 e. The summed E-state index contributed by atoms with van der Waals surface area (Å²) in [4.78, 5) is 0. The lowest BCUT2D eigenvalue weighted by Gasteiger charge is -2.45. The standard InChI is InChI=1S/C28H30O6/c1-29-28-20-33-27(34-28)25(31-18-22-13-7-3-8-14-22)24(30-17-21-11-5-2-6-12-21)26(28)32-19-23-15-9-4-10-16-23/h2-16,24-27H,17-20H2,1H3/t24-,25-,26+,27+,28+/m1/s1. The number of rotatable bonds is 10. The molecular formula is C28H30O6. The van der Waals surface area contributed by atoms with Crippen molar-refractivity contribution in [3.63, 3.8) is 0 Å². The van der Waals surface area contributed by atoms with Gasteiger partial charge in [0.15, 0.2) is 6.29 Å². The van der Waals surface area contributed by atoms with Crippen LogP contribution in [0.1, 0.15) is 16.7 Å². The molecule has 2 saturated heterocycles. The Morgan fingerprint density at radius 1 is 0.676 bits per heavy atom. The van der Waals surface area contributed by atoms with Gasteiger partial charge in [0, 0.05) is 7.11 Å². The lowest BCUT2D eigenvalue weighted by Crippen LogP contribution is -2.63. The van der Waals surface area contributed by atoms with E-state index in [-0.39, 0.29) is 6.61 Å². The van der Waals surface area contributed by atoms with Gasteiger partial charge in [-0.3, -0.25) is 0 Å². The van der Waals surface area contributed by atoms with Crippen LogP contribution in [0, 0.1) is 0 Å². The normalized spacial score (nSPS) is 28.1. The van der Waals surface area contributed by atoms with Gasteiger partial charge in [-0.05, 0) is 16.7 Å². The van der Waals surface area contributed by atoms with E-state index in [4.69, 9.17) is 28.4 Å². The summed E-state index contributed by atoms with van der Waals surface area (Å²) in [7, 11) is 1.62. The van der Waals surface area contributed by atoms with Crippen molar-refractivity contribution in [1.29, 1.82) is 0 Å². The average molecular weight is 463 g/mol. The molecule has 5 rings (SSSR count). The molecule has 0 aliphatic carbocycles. The van der Waals surface area contributed by atoms with Crippen LogP contribution in [-0.4, -0.2) is 44.1 Å². The predicted octanol–water partition coefficient (Wildman–Crippen LogP) is 4.47. The molecule has 2 bridgehead atoms. The molecule has 0 amide bonds. The Hall–Kier alpha value is -2.58. The molecule has 34 heavy (non-hydrogen) atoms. The Labute approximate surface area is 200 Å². The Morgan fingerprint density at radius 3 is 1.65 bits per heavy atom. The third kappa shape index (κ3) is 5.08. The third-order valence-electron chi connectivity index (χ3n) is 6.28. The quantitative estimate of drug-likeness (QED) is 0.443. The van der Waals surface area contributed by atoms with E-state index in [0.29, 0.717) is 19.8 Å². The van der Waals surface area contributed by atoms with Crippen molar-refractivity contribution in [1.82, 2.24) is 0 Å². The number of methoxy groups -OCH3 is 1. The fourth-order valence-corrected chi connectivity index (χ4v) is 4.45. The van der Waals surface area contributed by atoms with Crippen molar-refractivity contribution in [3.8, 4) is 0 Å². The molecule has 6 nitrogen and oxygen atoms in total. The molecule has 5 atom stereocenters. The van der Waals surface area contributed by atoms with Gasteiger partial charge in [-0.15, -0.1) is 0 Å². The molecule has 0 unspecified atom stereocenters. The highest BCUT2D eigenvalue weighted by atomic mass is 16.8. The van der Waals surface area contributed by atoms with E-state index in [0.717, 1.165) is 16.7 Å². The first kappa shape index (κ1) is 23.2. The highest BCUT2D eigenvalue weighted by molar-refractivity contribution is 5.16. The smallest absolute Gasteiger partial charge is 0.224 e. The van der Waals surface area contributed by atoms with E-state index in [9.17, 15) is 0 Å².